The van der Waals surface area contributed by atoms with Crippen LogP contribution in [-0.4, -0.2) is 67.4 Å². The van der Waals surface area contributed by atoms with Crippen molar-refractivity contribution >= 4 is 23.6 Å². The van der Waals surface area contributed by atoms with Crippen LogP contribution in [0.4, 0.5) is 0 Å². The van der Waals surface area contributed by atoms with Crippen molar-refractivity contribution in [2.24, 2.45) is 5.73 Å². The van der Waals surface area contributed by atoms with Crippen molar-refractivity contribution in [2.75, 3.05) is 34.3 Å². The summed E-state index contributed by atoms with van der Waals surface area (Å²) in [6.07, 6.45) is 14.7. The number of nitrogens with two attached hydrogens (primary N) is 1. The predicted octanol–water partition coefficient (Wildman–Crippen LogP) is 2.73. The Balaban J connectivity index is 0.000000450. The highest BCUT2D eigenvalue weighted by molar-refractivity contribution is 5.94. The second-order valence-corrected chi connectivity index (χ2v) is 7.74. The average molecular weight is 497 g/mol. The highest BCUT2D eigenvalue weighted by Gasteiger charge is 2.13. The summed E-state index contributed by atoms with van der Waals surface area (Å²) in [6, 6.07) is 0. The number of primary amides is 1. The molecule has 0 aliphatic heterocycles. The van der Waals surface area contributed by atoms with Crippen LogP contribution < -0.4 is 11.1 Å². The summed E-state index contributed by atoms with van der Waals surface area (Å²) in [4.78, 5) is 28.8. The SMILES string of the molecule is C=C/C(=C\C=C(/C)OC)c1noc(CCC(=O)N(C)CCNC)n1.N=CC1=CC=CC=C(C(N)=O)C1. The Hall–Kier alpha value is -4.05. The van der Waals surface area contributed by atoms with Gasteiger partial charge in [-0.05, 0) is 31.7 Å². The van der Waals surface area contributed by atoms with Crippen molar-refractivity contribution in [1.82, 2.24) is 20.4 Å². The maximum Gasteiger partial charge on any atom is 0.244 e. The molecule has 1 aromatic heterocycles. The first kappa shape index (κ1) is 30.0. The molecule has 4 N–H and O–H groups in total. The van der Waals surface area contributed by atoms with E-state index in [9.17, 15) is 9.59 Å². The summed E-state index contributed by atoms with van der Waals surface area (Å²) in [5.74, 6) is 1.25. The molecule has 0 fully saturated rings. The zero-order chi connectivity index (χ0) is 26.9. The monoisotopic (exact) mass is 496 g/mol. The van der Waals surface area contributed by atoms with Crippen LogP contribution in [0.5, 0.6) is 0 Å². The molecule has 0 radical (unpaired) electrons. The quantitative estimate of drug-likeness (QED) is 0.229. The van der Waals surface area contributed by atoms with Crippen molar-refractivity contribution in [3.63, 3.8) is 0 Å². The van der Waals surface area contributed by atoms with Crippen LogP contribution in [0.1, 0.15) is 31.5 Å². The van der Waals surface area contributed by atoms with Crippen molar-refractivity contribution < 1.29 is 18.8 Å². The Labute approximate surface area is 212 Å². The average Bonchev–Trinajstić information content (AvgIpc) is 3.21. The number of likely N-dealkylation sites (N-methyl/N-ethyl adjacent to an activating group) is 2. The van der Waals surface area contributed by atoms with Gasteiger partial charge in [0.1, 0.15) is 0 Å². The Kier molecular flexibility index (Phi) is 13.8. The van der Waals surface area contributed by atoms with E-state index in [-0.39, 0.29) is 5.91 Å². The van der Waals surface area contributed by atoms with E-state index < -0.39 is 5.91 Å². The molecule has 1 aliphatic carbocycles. The number of nitrogens with one attached hydrogen (secondary N) is 2. The lowest BCUT2D eigenvalue weighted by atomic mass is 10.1. The van der Waals surface area contributed by atoms with Crippen LogP contribution in [0.2, 0.25) is 0 Å². The minimum Gasteiger partial charge on any atom is -0.501 e. The third-order valence-corrected chi connectivity index (χ3v) is 5.06. The van der Waals surface area contributed by atoms with Crippen LogP contribution in [0, 0.1) is 5.41 Å². The van der Waals surface area contributed by atoms with E-state index in [0.717, 1.165) is 23.5 Å². The van der Waals surface area contributed by atoms with Crippen molar-refractivity contribution in [3.05, 3.63) is 77.7 Å². The van der Waals surface area contributed by atoms with Gasteiger partial charge in [0.25, 0.3) is 0 Å². The normalized spacial score (nSPS) is 13.4. The topological polar surface area (TPSA) is 147 Å². The molecule has 0 bridgehead atoms. The van der Waals surface area contributed by atoms with Gasteiger partial charge >= 0.3 is 0 Å². The number of hydrogen-bond acceptors (Lipinski definition) is 8. The zero-order valence-corrected chi connectivity index (χ0v) is 21.4. The van der Waals surface area contributed by atoms with Gasteiger partial charge in [-0.1, -0.05) is 42.1 Å². The fourth-order valence-corrected chi connectivity index (χ4v) is 2.75. The Morgan fingerprint density at radius 1 is 1.33 bits per heavy atom. The van der Waals surface area contributed by atoms with Gasteiger partial charge in [-0.3, -0.25) is 9.59 Å². The number of carbonyl (C=O) groups is 2. The van der Waals surface area contributed by atoms with E-state index in [0.29, 0.717) is 43.1 Å². The van der Waals surface area contributed by atoms with Crippen LogP contribution in [-0.2, 0) is 20.7 Å². The van der Waals surface area contributed by atoms with Gasteiger partial charge in [-0.2, -0.15) is 4.98 Å². The van der Waals surface area contributed by atoms with E-state index in [1.54, 1.807) is 61.6 Å². The van der Waals surface area contributed by atoms with E-state index in [1.165, 1.54) is 6.21 Å². The first-order valence-electron chi connectivity index (χ1n) is 11.4. The molecule has 36 heavy (non-hydrogen) atoms. The van der Waals surface area contributed by atoms with Crippen molar-refractivity contribution in [3.8, 4) is 0 Å². The number of ether oxygens (including phenoxy) is 1. The van der Waals surface area contributed by atoms with E-state index >= 15 is 0 Å². The molecule has 194 valence electrons. The molecule has 10 nitrogen and oxygen atoms in total. The first-order valence-corrected chi connectivity index (χ1v) is 11.4. The highest BCUT2D eigenvalue weighted by Crippen LogP contribution is 2.14. The Morgan fingerprint density at radius 2 is 2.06 bits per heavy atom. The highest BCUT2D eigenvalue weighted by atomic mass is 16.5. The number of rotatable bonds is 12. The van der Waals surface area contributed by atoms with E-state index in [2.05, 4.69) is 22.0 Å². The van der Waals surface area contributed by atoms with Crippen LogP contribution in [0.15, 0.2) is 70.5 Å². The summed E-state index contributed by atoms with van der Waals surface area (Å²) in [5.41, 5.74) is 7.16. The predicted molar refractivity (Wildman–Crippen MR) is 141 cm³/mol. The third-order valence-electron chi connectivity index (χ3n) is 5.06. The van der Waals surface area contributed by atoms with Crippen LogP contribution in [0.25, 0.3) is 5.57 Å². The molecule has 1 aliphatic rings. The van der Waals surface area contributed by atoms with Gasteiger partial charge < -0.3 is 30.6 Å². The molecule has 0 unspecified atom stereocenters. The lowest BCUT2D eigenvalue weighted by Crippen LogP contribution is -2.32. The summed E-state index contributed by atoms with van der Waals surface area (Å²) in [6.45, 7) is 7.02. The van der Waals surface area contributed by atoms with E-state index in [4.69, 9.17) is 20.4 Å². The van der Waals surface area contributed by atoms with Gasteiger partial charge in [0.05, 0.1) is 12.9 Å². The minimum atomic E-state index is -0.422. The fraction of sp³-hybridized carbons (Fsp3) is 0.346. The van der Waals surface area contributed by atoms with Gasteiger partial charge in [0, 0.05) is 56.8 Å². The zero-order valence-electron chi connectivity index (χ0n) is 21.4. The molecule has 0 aromatic carbocycles. The summed E-state index contributed by atoms with van der Waals surface area (Å²) in [5, 5.41) is 14.0. The lowest BCUT2D eigenvalue weighted by molar-refractivity contribution is -0.129. The molecule has 10 heteroatoms. The van der Waals surface area contributed by atoms with Crippen molar-refractivity contribution in [1.29, 1.82) is 5.41 Å². The number of amides is 2. The summed E-state index contributed by atoms with van der Waals surface area (Å²) in [7, 11) is 5.23. The number of methoxy groups -OCH3 is 1. The number of aryl methyl sites for hydroxylation is 1. The second kappa shape index (κ2) is 16.6. The molecule has 1 heterocycles. The fourth-order valence-electron chi connectivity index (χ4n) is 2.75. The molecule has 0 atom stereocenters. The largest absolute Gasteiger partial charge is 0.501 e. The van der Waals surface area contributed by atoms with Crippen LogP contribution in [0.3, 0.4) is 0 Å². The minimum absolute atomic E-state index is 0.0446. The third kappa shape index (κ3) is 10.9. The van der Waals surface area contributed by atoms with Crippen LogP contribution >= 0.6 is 0 Å². The Morgan fingerprint density at radius 3 is 2.67 bits per heavy atom. The molecular formula is C26H36N6O4. The van der Waals surface area contributed by atoms with Crippen molar-refractivity contribution in [2.45, 2.75) is 26.2 Å². The van der Waals surface area contributed by atoms with E-state index in [1.807, 2.05) is 14.0 Å². The number of allylic oxidation sites excluding steroid dienone is 10. The molecule has 0 saturated heterocycles. The molecule has 0 spiro atoms. The Bertz CT molecular complexity index is 1060. The lowest BCUT2D eigenvalue weighted by Gasteiger charge is -2.16. The molecule has 2 amide bonds. The summed E-state index contributed by atoms with van der Waals surface area (Å²) < 4.78 is 10.3. The first-order chi connectivity index (χ1) is 17.2. The molecular weight excluding hydrogens is 460 g/mol. The molecule has 0 saturated carbocycles. The number of hydrogen-bond donors (Lipinski definition) is 3. The van der Waals surface area contributed by atoms with Gasteiger partial charge in [0.2, 0.25) is 23.5 Å². The number of nitrogens with zero attached hydrogens (tertiary/aromatic N) is 3. The van der Waals surface area contributed by atoms with Gasteiger partial charge in [-0.25, -0.2) is 0 Å². The maximum absolute atomic E-state index is 12.0. The molecule has 1 aromatic rings. The van der Waals surface area contributed by atoms with Gasteiger partial charge in [-0.15, -0.1) is 0 Å². The standard InChI is InChI=1S/C17H26N4O3.C9H10N2O/c1-6-14(8-7-13(2)23-5)17-19-15(24-20-17)9-10-16(22)21(4)12-11-18-3;10-6-7-3-1-2-4-8(5-7)9(11)12/h6-8,18H,1,9-12H2,2-5H3;1-4,6,10H,5H2,(H2,11,12)/b13-7+,14-8+;. The number of carbonyl (C=O) groups excluding carboxylic acids is 2. The smallest absolute Gasteiger partial charge is 0.244 e. The van der Waals surface area contributed by atoms with Gasteiger partial charge in [0.15, 0.2) is 0 Å². The molecule has 2 rings (SSSR count). The number of aromatic nitrogens is 2. The summed E-state index contributed by atoms with van der Waals surface area (Å²) >= 11 is 0. The second-order valence-electron chi connectivity index (χ2n) is 7.74. The maximum atomic E-state index is 12.0.